The van der Waals surface area contributed by atoms with E-state index in [1.54, 1.807) is 0 Å². The fourth-order valence-electron chi connectivity index (χ4n) is 3.58. The van der Waals surface area contributed by atoms with E-state index in [0.717, 1.165) is 30.7 Å². The summed E-state index contributed by atoms with van der Waals surface area (Å²) in [5.74, 6) is -0.109. The molecule has 29 heavy (non-hydrogen) atoms. The van der Waals surface area contributed by atoms with Crippen LogP contribution in [-0.4, -0.2) is 150 Å². The number of quaternary nitrogens is 1. The fourth-order valence-corrected chi connectivity index (χ4v) is 3.58. The van der Waals surface area contributed by atoms with Crippen molar-refractivity contribution in [2.75, 3.05) is 98.9 Å². The summed E-state index contributed by atoms with van der Waals surface area (Å²) in [7, 11) is 2.13. The highest BCUT2D eigenvalue weighted by Crippen LogP contribution is 2.12. The van der Waals surface area contributed by atoms with Crippen molar-refractivity contribution in [1.82, 2.24) is 14.7 Å². The smallest absolute Gasteiger partial charge is 0.228 e. The molecule has 1 fully saturated rings. The molecule has 0 aromatic rings. The Bertz CT molecular complexity index is 473. The fraction of sp³-hybridized carbons (Fsp3) is 0.895. The Morgan fingerprint density at radius 2 is 1.21 bits per heavy atom. The van der Waals surface area contributed by atoms with Gasteiger partial charge in [0, 0.05) is 52.2 Å². The predicted molar refractivity (Wildman–Crippen MR) is 108 cm³/mol. The van der Waals surface area contributed by atoms with Gasteiger partial charge in [0.15, 0.2) is 0 Å². The van der Waals surface area contributed by atoms with Crippen molar-refractivity contribution in [3.05, 3.63) is 0 Å². The Morgan fingerprint density at radius 1 is 0.793 bits per heavy atom. The minimum atomic E-state index is -0.113. The third-order valence-electron chi connectivity index (χ3n) is 5.60. The van der Waals surface area contributed by atoms with Crippen LogP contribution >= 0.6 is 0 Å². The third-order valence-corrected chi connectivity index (χ3v) is 5.60. The lowest BCUT2D eigenvalue weighted by Gasteiger charge is -2.42. The number of piperazine rings is 1. The molecule has 0 unspecified atom stereocenters. The Balaban J connectivity index is 2.38. The lowest BCUT2D eigenvalue weighted by molar-refractivity contribution is -0.913. The van der Waals surface area contributed by atoms with Crippen LogP contribution < -0.4 is 0 Å². The first-order valence-corrected chi connectivity index (χ1v) is 10.4. The van der Waals surface area contributed by atoms with Gasteiger partial charge in [-0.3, -0.25) is 14.5 Å². The molecule has 10 nitrogen and oxygen atoms in total. The van der Waals surface area contributed by atoms with Gasteiger partial charge in [0.2, 0.25) is 11.8 Å². The highest BCUT2D eigenvalue weighted by molar-refractivity contribution is 5.76. The van der Waals surface area contributed by atoms with Crippen LogP contribution in [-0.2, 0) is 9.59 Å². The maximum Gasteiger partial charge on any atom is 0.228 e. The zero-order valence-corrected chi connectivity index (χ0v) is 17.7. The monoisotopic (exact) mass is 419 g/mol. The normalized spacial score (nSPS) is 16.6. The van der Waals surface area contributed by atoms with Crippen LogP contribution in [0.4, 0.5) is 0 Å². The van der Waals surface area contributed by atoms with E-state index in [9.17, 15) is 9.59 Å². The van der Waals surface area contributed by atoms with Gasteiger partial charge in [-0.2, -0.15) is 0 Å². The van der Waals surface area contributed by atoms with Crippen LogP contribution in [0.15, 0.2) is 0 Å². The first-order valence-electron chi connectivity index (χ1n) is 10.4. The van der Waals surface area contributed by atoms with Crippen LogP contribution in [0.1, 0.15) is 12.8 Å². The molecule has 1 aliphatic heterocycles. The predicted octanol–water partition coefficient (Wildman–Crippen LogP) is -2.84. The molecule has 0 aliphatic carbocycles. The molecule has 1 aliphatic rings. The second kappa shape index (κ2) is 13.8. The van der Waals surface area contributed by atoms with Crippen LogP contribution in [0.3, 0.4) is 0 Å². The lowest BCUT2D eigenvalue weighted by atomic mass is 10.2. The molecule has 0 bridgehead atoms. The van der Waals surface area contributed by atoms with E-state index >= 15 is 0 Å². The minimum absolute atomic E-state index is 0.0478. The molecule has 170 valence electrons. The summed E-state index contributed by atoms with van der Waals surface area (Å²) < 4.78 is 0.781. The van der Waals surface area contributed by atoms with Crippen molar-refractivity contribution < 1.29 is 34.5 Å². The van der Waals surface area contributed by atoms with Crippen molar-refractivity contribution in [2.24, 2.45) is 0 Å². The average Bonchev–Trinajstić information content (AvgIpc) is 2.71. The number of hydrogen-bond donors (Lipinski definition) is 4. The third kappa shape index (κ3) is 9.37. The second-order valence-corrected chi connectivity index (χ2v) is 7.79. The van der Waals surface area contributed by atoms with Crippen molar-refractivity contribution >= 4 is 11.8 Å². The maximum absolute atomic E-state index is 12.3. The van der Waals surface area contributed by atoms with Gasteiger partial charge in [0.05, 0.1) is 59.5 Å². The van der Waals surface area contributed by atoms with Crippen molar-refractivity contribution in [1.29, 1.82) is 0 Å². The number of rotatable bonds is 14. The van der Waals surface area contributed by atoms with Crippen LogP contribution in [0.2, 0.25) is 0 Å². The van der Waals surface area contributed by atoms with Gasteiger partial charge in [-0.15, -0.1) is 0 Å². The number of aliphatic hydroxyl groups excluding tert-OH is 4. The Labute approximate surface area is 173 Å². The molecule has 1 saturated heterocycles. The number of carbonyl (C=O) groups excluding carboxylic acids is 2. The first kappa shape index (κ1) is 25.7. The largest absolute Gasteiger partial charge is 0.395 e. The molecule has 0 atom stereocenters. The van der Waals surface area contributed by atoms with Crippen LogP contribution in [0.25, 0.3) is 0 Å². The molecule has 4 N–H and O–H groups in total. The van der Waals surface area contributed by atoms with E-state index in [2.05, 4.69) is 11.9 Å². The summed E-state index contributed by atoms with van der Waals surface area (Å²) in [5.41, 5.74) is 0. The zero-order valence-electron chi connectivity index (χ0n) is 17.7. The summed E-state index contributed by atoms with van der Waals surface area (Å²) in [6.07, 6.45) is 0.742. The number of nitrogens with zero attached hydrogens (tertiary/aromatic N) is 4. The zero-order chi connectivity index (χ0) is 21.7. The number of aliphatic hydroxyl groups is 4. The van der Waals surface area contributed by atoms with Crippen molar-refractivity contribution in [3.8, 4) is 0 Å². The van der Waals surface area contributed by atoms with E-state index in [1.807, 2.05) is 0 Å². The second-order valence-electron chi connectivity index (χ2n) is 7.79. The minimum Gasteiger partial charge on any atom is -0.395 e. The molecule has 1 heterocycles. The number of carbonyl (C=O) groups is 2. The Kier molecular flexibility index (Phi) is 12.3. The molecule has 10 heteroatoms. The van der Waals surface area contributed by atoms with Gasteiger partial charge in [-0.05, 0) is 0 Å². The van der Waals surface area contributed by atoms with Gasteiger partial charge in [-0.25, -0.2) is 0 Å². The molecule has 0 spiro atoms. The molecule has 0 aromatic carbocycles. The van der Waals surface area contributed by atoms with Crippen LogP contribution in [0.5, 0.6) is 0 Å². The summed E-state index contributed by atoms with van der Waals surface area (Å²) in [5, 5.41) is 36.2. The van der Waals surface area contributed by atoms with E-state index < -0.39 is 0 Å². The number of hydrogen-bond acceptors (Lipinski definition) is 7. The first-order chi connectivity index (χ1) is 13.9. The molecule has 2 amide bonds. The molecular formula is C19H39N4O6+. The topological polar surface area (TPSA) is 125 Å². The highest BCUT2D eigenvalue weighted by Gasteiger charge is 2.30. The van der Waals surface area contributed by atoms with Crippen molar-refractivity contribution in [3.63, 3.8) is 0 Å². The molecular weight excluding hydrogens is 380 g/mol. The Morgan fingerprint density at radius 3 is 1.62 bits per heavy atom. The quantitative estimate of drug-likeness (QED) is 0.224. The SMILES string of the molecule is C[N+]1(CCC(=O)N(CCO)CCO)CCN(CCC(=O)N(CCO)CCO)CC1. The molecule has 1 rings (SSSR count). The number of amides is 2. The van der Waals surface area contributed by atoms with Gasteiger partial charge in [0.25, 0.3) is 0 Å². The standard InChI is InChI=1S/C19H39N4O6/c1-23(11-3-19(29)22(9-16-26)10-17-27)12-5-20(6-13-23)4-2-18(28)21(7-14-24)8-15-25/h24-27H,2-17H2,1H3/q+1. The highest BCUT2D eigenvalue weighted by atomic mass is 16.3. The van der Waals surface area contributed by atoms with Gasteiger partial charge in [-0.1, -0.05) is 0 Å². The summed E-state index contributed by atoms with van der Waals surface area (Å²) in [4.78, 5) is 29.8. The van der Waals surface area contributed by atoms with E-state index in [4.69, 9.17) is 20.4 Å². The van der Waals surface area contributed by atoms with Gasteiger partial charge in [0.1, 0.15) is 0 Å². The van der Waals surface area contributed by atoms with E-state index in [1.165, 1.54) is 9.80 Å². The molecule has 0 aromatic heterocycles. The summed E-state index contributed by atoms with van der Waals surface area (Å²) in [6.45, 7) is 5.34. The number of likely N-dealkylation sites (N-methyl/N-ethyl adjacent to an activating group) is 1. The van der Waals surface area contributed by atoms with Gasteiger partial charge >= 0.3 is 0 Å². The Hall–Kier alpha value is -1.30. The lowest BCUT2D eigenvalue weighted by Crippen LogP contribution is -2.58. The molecule has 0 radical (unpaired) electrons. The van der Waals surface area contributed by atoms with E-state index in [0.29, 0.717) is 25.9 Å². The average molecular weight is 420 g/mol. The van der Waals surface area contributed by atoms with Gasteiger partial charge < -0.3 is 34.7 Å². The van der Waals surface area contributed by atoms with Crippen molar-refractivity contribution in [2.45, 2.75) is 12.8 Å². The molecule has 0 saturated carbocycles. The van der Waals surface area contributed by atoms with E-state index in [-0.39, 0.29) is 64.4 Å². The maximum atomic E-state index is 12.3. The summed E-state index contributed by atoms with van der Waals surface area (Å²) in [6, 6.07) is 0. The summed E-state index contributed by atoms with van der Waals surface area (Å²) >= 11 is 0. The van der Waals surface area contributed by atoms with Crippen LogP contribution in [0, 0.1) is 0 Å².